The van der Waals surface area contributed by atoms with Crippen LogP contribution < -0.4 is 22.1 Å². The van der Waals surface area contributed by atoms with Crippen molar-refractivity contribution in [2.24, 2.45) is 11.5 Å². The first-order valence-corrected chi connectivity index (χ1v) is 10.2. The van der Waals surface area contributed by atoms with Crippen LogP contribution in [0, 0.1) is 0 Å². The number of Topliss-reactive ketones (excluding diaryl/α,β-unsaturated/α-hetero) is 1. The van der Waals surface area contributed by atoms with Gasteiger partial charge in [0.15, 0.2) is 11.5 Å². The average molecular weight is 430 g/mol. The van der Waals surface area contributed by atoms with Gasteiger partial charge in [-0.1, -0.05) is 6.07 Å². The van der Waals surface area contributed by atoms with E-state index in [4.69, 9.17) is 11.5 Å². The highest BCUT2D eigenvalue weighted by atomic mass is 19.3. The second-order valence-electron chi connectivity index (χ2n) is 8.07. The number of anilines is 3. The standard InChI is InChI=1S/C21H24F2N6O2/c22-21(23)7-1-2-15(18(21)24)28-16-10-26-17(19(25)31)20(29-16)27-13-5-3-12-9-14(30)6-4-11(12)8-13/h3,5,8,10,15,18H,1-2,4,6-7,9,24H2,(H2,25,31)(H2,27,28,29)/t15-,18-/m1/s1. The van der Waals surface area contributed by atoms with Crippen molar-refractivity contribution in [3.63, 3.8) is 0 Å². The molecule has 0 saturated heterocycles. The van der Waals surface area contributed by atoms with Crippen molar-refractivity contribution >= 4 is 29.0 Å². The number of amides is 1. The molecular weight excluding hydrogens is 406 g/mol. The van der Waals surface area contributed by atoms with E-state index in [-0.39, 0.29) is 29.5 Å². The largest absolute Gasteiger partial charge is 0.364 e. The Morgan fingerprint density at radius 2 is 2.03 bits per heavy atom. The summed E-state index contributed by atoms with van der Waals surface area (Å²) in [5, 5.41) is 5.97. The maximum Gasteiger partial charge on any atom is 0.271 e. The molecule has 0 unspecified atom stereocenters. The zero-order valence-electron chi connectivity index (χ0n) is 16.8. The van der Waals surface area contributed by atoms with Gasteiger partial charge in [0, 0.05) is 31.0 Å². The predicted molar refractivity (Wildman–Crippen MR) is 111 cm³/mol. The van der Waals surface area contributed by atoms with Gasteiger partial charge in [0.05, 0.1) is 12.2 Å². The lowest BCUT2D eigenvalue weighted by Gasteiger charge is -2.36. The van der Waals surface area contributed by atoms with Crippen molar-refractivity contribution in [1.82, 2.24) is 9.97 Å². The maximum absolute atomic E-state index is 14.0. The van der Waals surface area contributed by atoms with Crippen LogP contribution in [0.25, 0.3) is 0 Å². The number of hydrogen-bond donors (Lipinski definition) is 4. The van der Waals surface area contributed by atoms with E-state index in [2.05, 4.69) is 20.6 Å². The Bertz CT molecular complexity index is 1030. The summed E-state index contributed by atoms with van der Waals surface area (Å²) >= 11 is 0. The number of nitrogens with zero attached hydrogens (tertiary/aromatic N) is 2. The molecule has 0 aliphatic heterocycles. The molecule has 8 nitrogen and oxygen atoms in total. The molecule has 10 heteroatoms. The lowest BCUT2D eigenvalue weighted by Crippen LogP contribution is -2.55. The molecule has 2 aliphatic carbocycles. The Kier molecular flexibility index (Phi) is 5.57. The normalized spacial score (nSPS) is 22.5. The van der Waals surface area contributed by atoms with Crippen LogP contribution in [0.1, 0.15) is 47.3 Å². The van der Waals surface area contributed by atoms with Crippen LogP contribution in [0.5, 0.6) is 0 Å². The maximum atomic E-state index is 14.0. The fourth-order valence-corrected chi connectivity index (χ4v) is 4.10. The van der Waals surface area contributed by atoms with Crippen LogP contribution >= 0.6 is 0 Å². The molecule has 1 fully saturated rings. The highest BCUT2D eigenvalue weighted by Gasteiger charge is 2.44. The van der Waals surface area contributed by atoms with E-state index >= 15 is 0 Å². The van der Waals surface area contributed by atoms with Crippen molar-refractivity contribution < 1.29 is 18.4 Å². The fourth-order valence-electron chi connectivity index (χ4n) is 4.10. The molecule has 2 aliphatic rings. The first-order chi connectivity index (χ1) is 14.7. The smallest absolute Gasteiger partial charge is 0.271 e. The van der Waals surface area contributed by atoms with E-state index < -0.39 is 23.9 Å². The molecule has 164 valence electrons. The quantitative estimate of drug-likeness (QED) is 0.571. The number of ketones is 1. The molecule has 31 heavy (non-hydrogen) atoms. The number of nitrogens with one attached hydrogen (secondary N) is 2. The molecule has 1 aromatic carbocycles. The SMILES string of the molecule is NC(=O)c1ncc(N[C@@H]2CCCC(F)(F)[C@@H]2N)nc1Nc1ccc2c(c1)CCC(=O)C2. The van der Waals surface area contributed by atoms with Crippen molar-refractivity contribution in [3.05, 3.63) is 41.2 Å². The lowest BCUT2D eigenvalue weighted by atomic mass is 9.87. The van der Waals surface area contributed by atoms with Gasteiger partial charge >= 0.3 is 0 Å². The van der Waals surface area contributed by atoms with E-state index in [0.29, 0.717) is 37.8 Å². The van der Waals surface area contributed by atoms with Gasteiger partial charge in [-0.3, -0.25) is 9.59 Å². The van der Waals surface area contributed by atoms with Crippen LogP contribution in [0.2, 0.25) is 0 Å². The molecule has 1 saturated carbocycles. The van der Waals surface area contributed by atoms with E-state index in [9.17, 15) is 18.4 Å². The minimum Gasteiger partial charge on any atom is -0.364 e. The second-order valence-corrected chi connectivity index (χ2v) is 8.07. The Hall–Kier alpha value is -3.14. The Balaban J connectivity index is 1.58. The summed E-state index contributed by atoms with van der Waals surface area (Å²) in [6.45, 7) is 0. The van der Waals surface area contributed by atoms with Gasteiger partial charge in [0.2, 0.25) is 0 Å². The Morgan fingerprint density at radius 3 is 2.81 bits per heavy atom. The number of hydrogen-bond acceptors (Lipinski definition) is 7. The molecule has 2 atom stereocenters. The number of fused-ring (bicyclic) bond motifs is 1. The predicted octanol–water partition coefficient (Wildman–Crippen LogP) is 2.30. The molecule has 0 spiro atoms. The average Bonchev–Trinajstić information content (AvgIpc) is 2.71. The topological polar surface area (TPSA) is 136 Å². The number of rotatable bonds is 5. The minimum absolute atomic E-state index is 0.0725. The van der Waals surface area contributed by atoms with Gasteiger partial charge in [-0.25, -0.2) is 18.7 Å². The van der Waals surface area contributed by atoms with Gasteiger partial charge in [-0.2, -0.15) is 0 Å². The molecule has 2 aromatic rings. The lowest BCUT2D eigenvalue weighted by molar-refractivity contribution is -0.118. The molecule has 1 heterocycles. The van der Waals surface area contributed by atoms with Crippen molar-refractivity contribution in [1.29, 1.82) is 0 Å². The third-order valence-electron chi connectivity index (χ3n) is 5.82. The summed E-state index contributed by atoms with van der Waals surface area (Å²) < 4.78 is 27.9. The van der Waals surface area contributed by atoms with Crippen LogP contribution in [0.3, 0.4) is 0 Å². The van der Waals surface area contributed by atoms with Gasteiger partial charge in [-0.05, 0) is 42.5 Å². The van der Waals surface area contributed by atoms with E-state index in [1.807, 2.05) is 12.1 Å². The van der Waals surface area contributed by atoms with Gasteiger partial charge in [0.25, 0.3) is 11.8 Å². The molecular formula is C21H24F2N6O2. The number of nitrogens with two attached hydrogens (primary N) is 2. The number of benzene rings is 1. The summed E-state index contributed by atoms with van der Waals surface area (Å²) in [6.07, 6.45) is 3.41. The third-order valence-corrected chi connectivity index (χ3v) is 5.82. The van der Waals surface area contributed by atoms with E-state index in [1.165, 1.54) is 6.20 Å². The zero-order chi connectivity index (χ0) is 22.2. The molecule has 4 rings (SSSR count). The van der Waals surface area contributed by atoms with E-state index in [1.54, 1.807) is 6.07 Å². The number of aromatic nitrogens is 2. The van der Waals surface area contributed by atoms with Crippen molar-refractivity contribution in [2.45, 2.75) is 56.5 Å². The highest BCUT2D eigenvalue weighted by Crippen LogP contribution is 2.34. The summed E-state index contributed by atoms with van der Waals surface area (Å²) in [6, 6.07) is 3.51. The molecule has 1 aromatic heterocycles. The molecule has 1 amide bonds. The van der Waals surface area contributed by atoms with Crippen molar-refractivity contribution in [2.75, 3.05) is 10.6 Å². The highest BCUT2D eigenvalue weighted by molar-refractivity contribution is 5.96. The number of alkyl halides is 2. The first kappa shape index (κ1) is 21.1. The first-order valence-electron chi connectivity index (χ1n) is 10.2. The Labute approximate surface area is 177 Å². The summed E-state index contributed by atoms with van der Waals surface area (Å²) in [7, 11) is 0. The van der Waals surface area contributed by atoms with Gasteiger partial charge in [0.1, 0.15) is 11.6 Å². The molecule has 0 bridgehead atoms. The summed E-state index contributed by atoms with van der Waals surface area (Å²) in [5.41, 5.74) is 13.8. The Morgan fingerprint density at radius 1 is 1.23 bits per heavy atom. The summed E-state index contributed by atoms with van der Waals surface area (Å²) in [4.78, 5) is 31.9. The third kappa shape index (κ3) is 4.48. The van der Waals surface area contributed by atoms with Crippen LogP contribution in [0.15, 0.2) is 24.4 Å². The van der Waals surface area contributed by atoms with Crippen LogP contribution in [-0.2, 0) is 17.6 Å². The van der Waals surface area contributed by atoms with E-state index in [0.717, 1.165) is 11.1 Å². The van der Waals surface area contributed by atoms with Gasteiger partial charge in [-0.15, -0.1) is 0 Å². The van der Waals surface area contributed by atoms with Crippen LogP contribution in [-0.4, -0.2) is 39.7 Å². The number of carbonyl (C=O) groups is 2. The monoisotopic (exact) mass is 430 g/mol. The number of halogens is 2. The summed E-state index contributed by atoms with van der Waals surface area (Å²) in [5.74, 6) is -3.19. The van der Waals surface area contributed by atoms with Gasteiger partial charge < -0.3 is 22.1 Å². The van der Waals surface area contributed by atoms with Crippen molar-refractivity contribution in [3.8, 4) is 0 Å². The van der Waals surface area contributed by atoms with Crippen LogP contribution in [0.4, 0.5) is 26.1 Å². The fraction of sp³-hybridized carbons (Fsp3) is 0.429. The zero-order valence-corrected chi connectivity index (χ0v) is 16.8. The molecule has 6 N–H and O–H groups in total. The molecule has 0 radical (unpaired) electrons. The minimum atomic E-state index is -2.96. The number of carbonyl (C=O) groups excluding carboxylic acids is 2. The number of aryl methyl sites for hydroxylation is 1. The number of primary amides is 1. The second kappa shape index (κ2) is 8.18.